The van der Waals surface area contributed by atoms with Crippen LogP contribution in [0.1, 0.15) is 51.0 Å². The van der Waals surface area contributed by atoms with E-state index in [1.807, 2.05) is 0 Å². The first-order valence-corrected chi connectivity index (χ1v) is 9.45. The molecule has 0 spiro atoms. The third-order valence-corrected chi connectivity index (χ3v) is 5.68. The summed E-state index contributed by atoms with van der Waals surface area (Å²) in [4.78, 5) is 0. The van der Waals surface area contributed by atoms with Gasteiger partial charge in [0.15, 0.2) is 0 Å². The highest BCUT2D eigenvalue weighted by atomic mass is 79.9. The van der Waals surface area contributed by atoms with Gasteiger partial charge in [-0.05, 0) is 75.2 Å². The van der Waals surface area contributed by atoms with Crippen LogP contribution in [0.3, 0.4) is 0 Å². The maximum Gasteiger partial charge on any atom is 0.147 e. The lowest BCUT2D eigenvalue weighted by atomic mass is 9.93. The van der Waals surface area contributed by atoms with E-state index in [1.54, 1.807) is 7.11 Å². The van der Waals surface area contributed by atoms with Crippen LogP contribution in [0.25, 0.3) is 0 Å². The van der Waals surface area contributed by atoms with Gasteiger partial charge in [0.05, 0.1) is 16.1 Å². The van der Waals surface area contributed by atoms with Gasteiger partial charge in [-0.2, -0.15) is 0 Å². The zero-order valence-corrected chi connectivity index (χ0v) is 16.1. The Morgan fingerprint density at radius 2 is 1.71 bits per heavy atom. The van der Waals surface area contributed by atoms with Crippen molar-refractivity contribution in [1.82, 2.24) is 5.32 Å². The highest BCUT2D eigenvalue weighted by molar-refractivity contribution is 9.11. The minimum atomic E-state index is 0.586. The van der Waals surface area contributed by atoms with Crippen molar-refractivity contribution in [3.05, 3.63) is 26.6 Å². The molecule has 118 valence electrons. The Hall–Kier alpha value is -0.0600. The lowest BCUT2D eigenvalue weighted by molar-refractivity contribution is 0.336. The molecular formula is C17H25Br2NO. The number of halogens is 2. The fourth-order valence-electron chi connectivity index (χ4n) is 3.17. The summed E-state index contributed by atoms with van der Waals surface area (Å²) in [6.45, 7) is 3.24. The van der Waals surface area contributed by atoms with E-state index in [0.717, 1.165) is 27.2 Å². The Balaban J connectivity index is 1.93. The van der Waals surface area contributed by atoms with Gasteiger partial charge < -0.3 is 10.1 Å². The fourth-order valence-corrected chi connectivity index (χ4v) is 4.77. The molecule has 0 bridgehead atoms. The fraction of sp³-hybridized carbons (Fsp3) is 0.647. The number of hydrogen-bond acceptors (Lipinski definition) is 2. The molecule has 0 aliphatic heterocycles. The molecule has 2 rings (SSSR count). The molecule has 2 nitrogen and oxygen atoms in total. The molecule has 0 unspecified atom stereocenters. The van der Waals surface area contributed by atoms with Gasteiger partial charge in [-0.1, -0.05) is 25.7 Å². The molecular weight excluding hydrogens is 394 g/mol. The third-order valence-electron chi connectivity index (χ3n) is 4.50. The highest BCUT2D eigenvalue weighted by Crippen LogP contribution is 2.34. The van der Waals surface area contributed by atoms with E-state index in [-0.39, 0.29) is 0 Å². The van der Waals surface area contributed by atoms with E-state index >= 15 is 0 Å². The minimum absolute atomic E-state index is 0.586. The topological polar surface area (TPSA) is 21.3 Å². The maximum absolute atomic E-state index is 5.35. The van der Waals surface area contributed by atoms with Gasteiger partial charge in [-0.25, -0.2) is 0 Å². The quantitative estimate of drug-likeness (QED) is 0.622. The summed E-state index contributed by atoms with van der Waals surface area (Å²) >= 11 is 7.14. The molecule has 0 amide bonds. The molecule has 1 fully saturated rings. The number of rotatable bonds is 5. The normalized spacial score (nSPS) is 18.3. The van der Waals surface area contributed by atoms with Gasteiger partial charge in [0.25, 0.3) is 0 Å². The molecule has 0 saturated heterocycles. The van der Waals surface area contributed by atoms with Gasteiger partial charge in [0, 0.05) is 12.6 Å². The molecule has 0 aromatic heterocycles. The van der Waals surface area contributed by atoms with Crippen molar-refractivity contribution in [3.63, 3.8) is 0 Å². The molecule has 0 heterocycles. The summed E-state index contributed by atoms with van der Waals surface area (Å²) < 4.78 is 7.35. The molecule has 1 aliphatic carbocycles. The average Bonchev–Trinajstić information content (AvgIpc) is 2.73. The Morgan fingerprint density at radius 3 is 2.24 bits per heavy atom. The van der Waals surface area contributed by atoms with Crippen LogP contribution in [0.15, 0.2) is 21.1 Å². The van der Waals surface area contributed by atoms with Crippen molar-refractivity contribution in [3.8, 4) is 5.75 Å². The van der Waals surface area contributed by atoms with Crippen molar-refractivity contribution in [2.75, 3.05) is 7.11 Å². The highest BCUT2D eigenvalue weighted by Gasteiger charge is 2.18. The average molecular weight is 419 g/mol. The summed E-state index contributed by atoms with van der Waals surface area (Å²) in [5.74, 6) is 1.69. The van der Waals surface area contributed by atoms with E-state index in [1.165, 1.54) is 44.1 Å². The Morgan fingerprint density at radius 1 is 1.14 bits per heavy atom. The van der Waals surface area contributed by atoms with E-state index < -0.39 is 0 Å². The minimum Gasteiger partial charge on any atom is -0.494 e. The Labute approximate surface area is 145 Å². The van der Waals surface area contributed by atoms with Gasteiger partial charge in [0.2, 0.25) is 0 Å². The molecule has 0 radical (unpaired) electrons. The summed E-state index contributed by atoms with van der Waals surface area (Å²) in [5, 5.41) is 3.71. The summed E-state index contributed by atoms with van der Waals surface area (Å²) in [6, 6.07) is 4.86. The zero-order chi connectivity index (χ0) is 15.2. The van der Waals surface area contributed by atoms with E-state index in [2.05, 4.69) is 56.2 Å². The predicted molar refractivity (Wildman–Crippen MR) is 95.9 cm³/mol. The van der Waals surface area contributed by atoms with Crippen LogP contribution in [0.4, 0.5) is 0 Å². The molecule has 4 heteroatoms. The Bertz CT molecular complexity index is 433. The van der Waals surface area contributed by atoms with Crippen molar-refractivity contribution in [2.45, 2.75) is 58.0 Å². The third kappa shape index (κ3) is 4.97. The maximum atomic E-state index is 5.35. The second-order valence-electron chi connectivity index (χ2n) is 6.01. The molecule has 1 aromatic rings. The van der Waals surface area contributed by atoms with Gasteiger partial charge in [-0.3, -0.25) is 0 Å². The van der Waals surface area contributed by atoms with E-state index in [4.69, 9.17) is 4.74 Å². The van der Waals surface area contributed by atoms with Crippen molar-refractivity contribution < 1.29 is 4.74 Å². The summed E-state index contributed by atoms with van der Waals surface area (Å²) in [7, 11) is 1.69. The number of methoxy groups -OCH3 is 1. The zero-order valence-electron chi connectivity index (χ0n) is 12.9. The SMILES string of the molecule is COc1c(Br)cc(CN[C@@H](C)C2CCCCCC2)cc1Br. The molecule has 1 saturated carbocycles. The first-order chi connectivity index (χ1) is 10.1. The monoisotopic (exact) mass is 417 g/mol. The number of hydrogen-bond donors (Lipinski definition) is 1. The van der Waals surface area contributed by atoms with Crippen LogP contribution in [0, 0.1) is 5.92 Å². The lowest BCUT2D eigenvalue weighted by Crippen LogP contribution is -2.32. The van der Waals surface area contributed by atoms with Crippen molar-refractivity contribution in [1.29, 1.82) is 0 Å². The number of benzene rings is 1. The number of ether oxygens (including phenoxy) is 1. The summed E-state index contributed by atoms with van der Waals surface area (Å²) in [6.07, 6.45) is 8.39. The smallest absolute Gasteiger partial charge is 0.147 e. The van der Waals surface area contributed by atoms with E-state index in [0.29, 0.717) is 6.04 Å². The second-order valence-corrected chi connectivity index (χ2v) is 7.72. The Kier molecular flexibility index (Phi) is 7.03. The van der Waals surface area contributed by atoms with Gasteiger partial charge >= 0.3 is 0 Å². The van der Waals surface area contributed by atoms with Crippen LogP contribution in [0.5, 0.6) is 5.75 Å². The van der Waals surface area contributed by atoms with Crippen LogP contribution >= 0.6 is 31.9 Å². The summed E-state index contributed by atoms with van der Waals surface area (Å²) in [5.41, 5.74) is 1.27. The predicted octanol–water partition coefficient (Wildman–Crippen LogP) is 5.67. The molecule has 1 N–H and O–H groups in total. The molecule has 21 heavy (non-hydrogen) atoms. The van der Waals surface area contributed by atoms with Crippen LogP contribution in [0.2, 0.25) is 0 Å². The standard InChI is InChI=1S/C17H25Br2NO/c1-12(14-7-5-3-4-6-8-14)20-11-13-9-15(18)17(21-2)16(19)10-13/h9-10,12,14,20H,3-8,11H2,1-2H3/t12-/m0/s1. The number of nitrogens with one attached hydrogen (secondary N) is 1. The molecule has 1 aliphatic rings. The van der Waals surface area contributed by atoms with E-state index in [9.17, 15) is 0 Å². The van der Waals surface area contributed by atoms with Crippen LogP contribution in [-0.2, 0) is 6.54 Å². The van der Waals surface area contributed by atoms with Gasteiger partial charge in [-0.15, -0.1) is 0 Å². The molecule has 1 atom stereocenters. The first-order valence-electron chi connectivity index (χ1n) is 7.87. The van der Waals surface area contributed by atoms with Crippen molar-refractivity contribution >= 4 is 31.9 Å². The van der Waals surface area contributed by atoms with Crippen LogP contribution in [-0.4, -0.2) is 13.2 Å². The van der Waals surface area contributed by atoms with Gasteiger partial charge in [0.1, 0.15) is 5.75 Å². The largest absolute Gasteiger partial charge is 0.494 e. The lowest BCUT2D eigenvalue weighted by Gasteiger charge is -2.24. The molecule has 1 aromatic carbocycles. The first kappa shape index (κ1) is 17.3. The van der Waals surface area contributed by atoms with Crippen molar-refractivity contribution in [2.24, 2.45) is 5.92 Å². The second kappa shape index (κ2) is 8.54. The van der Waals surface area contributed by atoms with Crippen LogP contribution < -0.4 is 10.1 Å².